The molecule has 0 saturated heterocycles. The van der Waals surface area contributed by atoms with Gasteiger partial charge in [0.05, 0.1) is 5.56 Å². The molecule has 1 rings (SSSR count). The first kappa shape index (κ1) is 15.7. The van der Waals surface area contributed by atoms with Gasteiger partial charge in [0.2, 0.25) is 5.88 Å². The molecule has 0 unspecified atom stereocenters. The molecule has 1 aromatic heterocycles. The molecule has 0 amide bonds. The van der Waals surface area contributed by atoms with Gasteiger partial charge >= 0.3 is 0 Å². The van der Waals surface area contributed by atoms with Crippen LogP contribution < -0.4 is 10.1 Å². The maximum Gasteiger partial charge on any atom is 0.221 e. The number of hydrogen-bond acceptors (Lipinski definition) is 5. The van der Waals surface area contributed by atoms with Crippen LogP contribution in [0.1, 0.15) is 32.2 Å². The molecule has 1 heterocycles. The smallest absolute Gasteiger partial charge is 0.221 e. The largest absolute Gasteiger partial charge is 0.476 e. The van der Waals surface area contributed by atoms with E-state index in [1.54, 1.807) is 0 Å². The topological polar surface area (TPSA) is 50.3 Å². The second kappa shape index (κ2) is 7.94. The SMILES string of the molecule is CCNc1nc(C)nc(OCCN(CC)CC)c1C. The molecule has 0 aromatic carbocycles. The highest BCUT2D eigenvalue weighted by Gasteiger charge is 2.10. The Bertz CT molecular complexity index is 391. The van der Waals surface area contributed by atoms with E-state index in [9.17, 15) is 0 Å². The van der Waals surface area contributed by atoms with Crippen LogP contribution in [0.5, 0.6) is 5.88 Å². The molecule has 0 aliphatic rings. The zero-order valence-electron chi connectivity index (χ0n) is 12.8. The quantitative estimate of drug-likeness (QED) is 0.782. The Labute approximate surface area is 116 Å². The number of nitrogens with one attached hydrogen (secondary N) is 1. The van der Waals surface area contributed by atoms with Crippen molar-refractivity contribution >= 4 is 5.82 Å². The lowest BCUT2D eigenvalue weighted by atomic mass is 10.3. The summed E-state index contributed by atoms with van der Waals surface area (Å²) >= 11 is 0. The van der Waals surface area contributed by atoms with E-state index in [-0.39, 0.29) is 0 Å². The molecule has 0 saturated carbocycles. The van der Waals surface area contributed by atoms with E-state index in [1.807, 2.05) is 13.8 Å². The number of rotatable bonds is 8. The Morgan fingerprint density at radius 1 is 1.11 bits per heavy atom. The molecule has 108 valence electrons. The third-order valence-electron chi connectivity index (χ3n) is 3.10. The van der Waals surface area contributed by atoms with Gasteiger partial charge in [-0.3, -0.25) is 0 Å². The van der Waals surface area contributed by atoms with E-state index < -0.39 is 0 Å². The molecule has 0 bridgehead atoms. The fraction of sp³-hybridized carbons (Fsp3) is 0.714. The number of likely N-dealkylation sites (N-methyl/N-ethyl adjacent to an activating group) is 1. The fourth-order valence-corrected chi connectivity index (χ4v) is 1.89. The van der Waals surface area contributed by atoms with E-state index in [2.05, 4.69) is 41.0 Å². The summed E-state index contributed by atoms with van der Waals surface area (Å²) in [6, 6.07) is 0. The van der Waals surface area contributed by atoms with Crippen molar-refractivity contribution in [2.75, 3.05) is 38.1 Å². The van der Waals surface area contributed by atoms with Crippen LogP contribution >= 0.6 is 0 Å². The minimum Gasteiger partial charge on any atom is -0.476 e. The predicted molar refractivity (Wildman–Crippen MR) is 79.0 cm³/mol. The minimum absolute atomic E-state index is 0.657. The van der Waals surface area contributed by atoms with Gasteiger partial charge in [-0.05, 0) is 33.9 Å². The number of nitrogens with zero attached hydrogens (tertiary/aromatic N) is 3. The number of hydrogen-bond donors (Lipinski definition) is 1. The van der Waals surface area contributed by atoms with E-state index in [0.717, 1.165) is 43.4 Å². The van der Waals surface area contributed by atoms with Crippen molar-refractivity contribution in [2.45, 2.75) is 34.6 Å². The average molecular weight is 266 g/mol. The lowest BCUT2D eigenvalue weighted by Crippen LogP contribution is -2.28. The molecule has 19 heavy (non-hydrogen) atoms. The third-order valence-corrected chi connectivity index (χ3v) is 3.10. The Balaban J connectivity index is 2.67. The van der Waals surface area contributed by atoms with Gasteiger partial charge in [0.15, 0.2) is 0 Å². The molecule has 0 fully saturated rings. The molecular weight excluding hydrogens is 240 g/mol. The zero-order valence-corrected chi connectivity index (χ0v) is 12.8. The monoisotopic (exact) mass is 266 g/mol. The van der Waals surface area contributed by atoms with Crippen molar-refractivity contribution in [1.29, 1.82) is 0 Å². The molecule has 0 spiro atoms. The maximum absolute atomic E-state index is 5.81. The van der Waals surface area contributed by atoms with Gasteiger partial charge in [-0.25, -0.2) is 4.98 Å². The number of aromatic nitrogens is 2. The van der Waals surface area contributed by atoms with Crippen LogP contribution in [0.4, 0.5) is 5.82 Å². The van der Waals surface area contributed by atoms with Crippen LogP contribution in [-0.4, -0.2) is 47.7 Å². The van der Waals surface area contributed by atoms with Crippen molar-refractivity contribution < 1.29 is 4.74 Å². The normalized spacial score (nSPS) is 10.8. The first-order valence-corrected chi connectivity index (χ1v) is 7.06. The second-order valence-corrected chi connectivity index (χ2v) is 4.46. The van der Waals surface area contributed by atoms with E-state index in [4.69, 9.17) is 4.74 Å². The molecule has 5 nitrogen and oxygen atoms in total. The standard InChI is InChI=1S/C14H26N4O/c1-6-15-13-11(4)14(17-12(5)16-13)19-10-9-18(7-2)8-3/h6-10H2,1-5H3,(H,15,16,17). The van der Waals surface area contributed by atoms with Gasteiger partial charge in [0.25, 0.3) is 0 Å². The summed E-state index contributed by atoms with van der Waals surface area (Å²) in [5, 5.41) is 3.24. The van der Waals surface area contributed by atoms with Gasteiger partial charge in [0, 0.05) is 13.1 Å². The van der Waals surface area contributed by atoms with Crippen LogP contribution in [0, 0.1) is 13.8 Å². The van der Waals surface area contributed by atoms with Crippen molar-refractivity contribution in [2.24, 2.45) is 0 Å². The lowest BCUT2D eigenvalue weighted by Gasteiger charge is -2.18. The van der Waals surface area contributed by atoms with Crippen LogP contribution in [0.2, 0.25) is 0 Å². The Hall–Kier alpha value is -1.36. The predicted octanol–water partition coefficient (Wildman–Crippen LogP) is 2.25. The molecule has 0 aliphatic heterocycles. The number of aryl methyl sites for hydroxylation is 1. The second-order valence-electron chi connectivity index (χ2n) is 4.46. The van der Waals surface area contributed by atoms with Crippen molar-refractivity contribution in [3.63, 3.8) is 0 Å². The van der Waals surface area contributed by atoms with Crippen LogP contribution in [-0.2, 0) is 0 Å². The molecule has 0 radical (unpaired) electrons. The van der Waals surface area contributed by atoms with E-state index in [1.165, 1.54) is 0 Å². The van der Waals surface area contributed by atoms with Crippen LogP contribution in [0.15, 0.2) is 0 Å². The summed E-state index contributed by atoms with van der Waals surface area (Å²) in [4.78, 5) is 11.1. The summed E-state index contributed by atoms with van der Waals surface area (Å²) < 4.78 is 5.81. The van der Waals surface area contributed by atoms with E-state index >= 15 is 0 Å². The highest BCUT2D eigenvalue weighted by Crippen LogP contribution is 2.21. The van der Waals surface area contributed by atoms with Gasteiger partial charge in [-0.2, -0.15) is 4.98 Å². The molecule has 0 atom stereocenters. The minimum atomic E-state index is 0.657. The summed E-state index contributed by atoms with van der Waals surface area (Å²) in [5.74, 6) is 2.29. The van der Waals surface area contributed by atoms with Crippen molar-refractivity contribution in [3.05, 3.63) is 11.4 Å². The highest BCUT2D eigenvalue weighted by molar-refractivity contribution is 5.48. The molecule has 0 aliphatic carbocycles. The van der Waals surface area contributed by atoms with Gasteiger partial charge in [0.1, 0.15) is 18.2 Å². The van der Waals surface area contributed by atoms with Crippen LogP contribution in [0.25, 0.3) is 0 Å². The van der Waals surface area contributed by atoms with Crippen molar-refractivity contribution in [1.82, 2.24) is 14.9 Å². The van der Waals surface area contributed by atoms with Crippen LogP contribution in [0.3, 0.4) is 0 Å². The summed E-state index contributed by atoms with van der Waals surface area (Å²) in [6.07, 6.45) is 0. The molecule has 5 heteroatoms. The lowest BCUT2D eigenvalue weighted by molar-refractivity contribution is 0.216. The van der Waals surface area contributed by atoms with Crippen molar-refractivity contribution in [3.8, 4) is 5.88 Å². The average Bonchev–Trinajstić information content (AvgIpc) is 2.40. The first-order valence-electron chi connectivity index (χ1n) is 7.06. The number of ether oxygens (including phenoxy) is 1. The fourth-order valence-electron chi connectivity index (χ4n) is 1.89. The molecule has 1 N–H and O–H groups in total. The zero-order chi connectivity index (χ0) is 14.3. The Kier molecular flexibility index (Phi) is 6.56. The Morgan fingerprint density at radius 3 is 2.37 bits per heavy atom. The maximum atomic E-state index is 5.81. The Morgan fingerprint density at radius 2 is 1.79 bits per heavy atom. The van der Waals surface area contributed by atoms with Gasteiger partial charge in [-0.1, -0.05) is 13.8 Å². The van der Waals surface area contributed by atoms with Gasteiger partial charge < -0.3 is 15.0 Å². The third kappa shape index (κ3) is 4.67. The number of anilines is 1. The highest BCUT2D eigenvalue weighted by atomic mass is 16.5. The van der Waals surface area contributed by atoms with E-state index in [0.29, 0.717) is 12.5 Å². The summed E-state index contributed by atoms with van der Waals surface area (Å²) in [7, 11) is 0. The summed E-state index contributed by atoms with van der Waals surface area (Å²) in [5.41, 5.74) is 0.979. The van der Waals surface area contributed by atoms with Gasteiger partial charge in [-0.15, -0.1) is 0 Å². The summed E-state index contributed by atoms with van der Waals surface area (Å²) in [6.45, 7) is 14.8. The first-order chi connectivity index (χ1) is 9.12. The molecular formula is C14H26N4O. The molecule has 1 aromatic rings.